The van der Waals surface area contributed by atoms with Crippen molar-refractivity contribution in [3.05, 3.63) is 12.1 Å². The minimum Gasteiger partial charge on any atom is -0.397 e. The van der Waals surface area contributed by atoms with Gasteiger partial charge in [0.2, 0.25) is 0 Å². The SMILES string of the molecule is Cl.Nc1ccc(N)c(N)c1N. The zero-order valence-corrected chi connectivity index (χ0v) is 6.69. The van der Waals surface area contributed by atoms with Gasteiger partial charge in [-0.2, -0.15) is 0 Å². The van der Waals surface area contributed by atoms with Gasteiger partial charge in [-0.15, -0.1) is 12.4 Å². The largest absolute Gasteiger partial charge is 0.397 e. The topological polar surface area (TPSA) is 104 Å². The van der Waals surface area contributed by atoms with Crippen LogP contribution in [0.25, 0.3) is 0 Å². The summed E-state index contributed by atoms with van der Waals surface area (Å²) >= 11 is 0. The molecule has 1 rings (SSSR count). The van der Waals surface area contributed by atoms with E-state index < -0.39 is 0 Å². The summed E-state index contributed by atoms with van der Waals surface area (Å²) in [7, 11) is 0. The van der Waals surface area contributed by atoms with E-state index in [2.05, 4.69) is 0 Å². The van der Waals surface area contributed by atoms with Gasteiger partial charge in [0, 0.05) is 0 Å². The van der Waals surface area contributed by atoms with Crippen LogP contribution in [-0.2, 0) is 0 Å². The second kappa shape index (κ2) is 3.21. The van der Waals surface area contributed by atoms with Crippen molar-refractivity contribution in [2.24, 2.45) is 0 Å². The Morgan fingerprint density at radius 2 is 1.00 bits per heavy atom. The van der Waals surface area contributed by atoms with Gasteiger partial charge in [0.25, 0.3) is 0 Å². The molecule has 0 spiro atoms. The van der Waals surface area contributed by atoms with Crippen molar-refractivity contribution >= 4 is 35.2 Å². The number of nitrogens with two attached hydrogens (primary N) is 4. The Balaban J connectivity index is 0.000001000. The lowest BCUT2D eigenvalue weighted by molar-refractivity contribution is 1.63. The molecule has 11 heavy (non-hydrogen) atoms. The van der Waals surface area contributed by atoms with E-state index in [1.807, 2.05) is 0 Å². The highest BCUT2D eigenvalue weighted by Crippen LogP contribution is 2.27. The van der Waals surface area contributed by atoms with E-state index in [1.54, 1.807) is 12.1 Å². The maximum atomic E-state index is 5.45. The van der Waals surface area contributed by atoms with Crippen molar-refractivity contribution in [2.75, 3.05) is 22.9 Å². The Morgan fingerprint density at radius 1 is 0.727 bits per heavy atom. The van der Waals surface area contributed by atoms with Gasteiger partial charge >= 0.3 is 0 Å². The predicted octanol–water partition coefficient (Wildman–Crippen LogP) is 0.437. The van der Waals surface area contributed by atoms with Crippen LogP contribution >= 0.6 is 12.4 Å². The number of hydrogen-bond donors (Lipinski definition) is 4. The molecule has 0 aliphatic heterocycles. The first-order valence-corrected chi connectivity index (χ1v) is 2.82. The molecule has 0 atom stereocenters. The molecule has 0 aliphatic carbocycles. The Morgan fingerprint density at radius 3 is 1.27 bits per heavy atom. The first-order valence-electron chi connectivity index (χ1n) is 2.82. The van der Waals surface area contributed by atoms with Crippen LogP contribution in [0.1, 0.15) is 0 Å². The molecule has 4 nitrogen and oxygen atoms in total. The summed E-state index contributed by atoms with van der Waals surface area (Å²) in [5.41, 5.74) is 23.4. The summed E-state index contributed by atoms with van der Waals surface area (Å²) < 4.78 is 0. The Bertz CT molecular complexity index is 234. The Labute approximate surface area is 70.9 Å². The zero-order chi connectivity index (χ0) is 7.72. The van der Waals surface area contributed by atoms with E-state index in [0.29, 0.717) is 22.7 Å². The van der Waals surface area contributed by atoms with Crippen molar-refractivity contribution in [1.82, 2.24) is 0 Å². The third-order valence-corrected chi connectivity index (χ3v) is 1.35. The van der Waals surface area contributed by atoms with E-state index in [9.17, 15) is 0 Å². The molecule has 0 saturated carbocycles. The van der Waals surface area contributed by atoms with Gasteiger partial charge in [-0.3, -0.25) is 0 Å². The summed E-state index contributed by atoms with van der Waals surface area (Å²) in [6, 6.07) is 3.25. The smallest absolute Gasteiger partial charge is 0.0802 e. The number of halogens is 1. The lowest BCUT2D eigenvalue weighted by Gasteiger charge is -2.05. The van der Waals surface area contributed by atoms with Crippen LogP contribution in [0.2, 0.25) is 0 Å². The molecule has 0 radical (unpaired) electrons. The lowest BCUT2D eigenvalue weighted by atomic mass is 10.2. The molecular formula is C6H11ClN4. The summed E-state index contributed by atoms with van der Waals surface area (Å²) in [4.78, 5) is 0. The van der Waals surface area contributed by atoms with Gasteiger partial charge in [-0.05, 0) is 12.1 Å². The molecule has 0 bridgehead atoms. The highest BCUT2D eigenvalue weighted by Gasteiger charge is 2.00. The first-order chi connectivity index (χ1) is 4.63. The lowest BCUT2D eigenvalue weighted by Crippen LogP contribution is -2.02. The average Bonchev–Trinajstić information content (AvgIpc) is 1.93. The number of hydrogen-bond acceptors (Lipinski definition) is 4. The van der Waals surface area contributed by atoms with Crippen molar-refractivity contribution in [3.8, 4) is 0 Å². The zero-order valence-electron chi connectivity index (χ0n) is 5.87. The molecule has 1 aromatic rings. The molecule has 1 aromatic carbocycles. The molecule has 0 fully saturated rings. The van der Waals surface area contributed by atoms with E-state index in [4.69, 9.17) is 22.9 Å². The molecule has 0 saturated heterocycles. The van der Waals surface area contributed by atoms with Crippen LogP contribution in [0.3, 0.4) is 0 Å². The minimum atomic E-state index is 0. The van der Waals surface area contributed by atoms with Gasteiger partial charge in [0.15, 0.2) is 0 Å². The average molecular weight is 175 g/mol. The third-order valence-electron chi connectivity index (χ3n) is 1.35. The molecular weight excluding hydrogens is 164 g/mol. The fourth-order valence-corrected chi connectivity index (χ4v) is 0.670. The van der Waals surface area contributed by atoms with Crippen molar-refractivity contribution < 1.29 is 0 Å². The minimum absolute atomic E-state index is 0. The first kappa shape index (κ1) is 9.71. The molecule has 8 N–H and O–H groups in total. The fourth-order valence-electron chi connectivity index (χ4n) is 0.670. The standard InChI is InChI=1S/C6H10N4.ClH/c7-3-1-2-4(8)6(10)5(3)9;/h1-2H,7-10H2;1H. The van der Waals surface area contributed by atoms with Crippen LogP contribution in [0.5, 0.6) is 0 Å². The molecule has 5 heteroatoms. The molecule has 0 aromatic heterocycles. The summed E-state index contributed by atoms with van der Waals surface area (Å²) in [5.74, 6) is 0. The van der Waals surface area contributed by atoms with E-state index in [0.717, 1.165) is 0 Å². The van der Waals surface area contributed by atoms with Gasteiger partial charge in [0.05, 0.1) is 22.7 Å². The van der Waals surface area contributed by atoms with Gasteiger partial charge in [0.1, 0.15) is 0 Å². The molecule has 0 amide bonds. The van der Waals surface area contributed by atoms with Crippen LogP contribution < -0.4 is 22.9 Å². The molecule has 0 unspecified atom stereocenters. The van der Waals surface area contributed by atoms with Gasteiger partial charge in [-0.25, -0.2) is 0 Å². The highest BCUT2D eigenvalue weighted by atomic mass is 35.5. The number of anilines is 4. The van der Waals surface area contributed by atoms with Crippen molar-refractivity contribution in [1.29, 1.82) is 0 Å². The normalized spacial score (nSPS) is 8.73. The molecule has 0 heterocycles. The summed E-state index contributed by atoms with van der Waals surface area (Å²) in [5, 5.41) is 0. The monoisotopic (exact) mass is 174 g/mol. The number of nitrogen functional groups attached to an aromatic ring is 4. The van der Waals surface area contributed by atoms with Crippen LogP contribution in [-0.4, -0.2) is 0 Å². The highest BCUT2D eigenvalue weighted by molar-refractivity contribution is 5.86. The summed E-state index contributed by atoms with van der Waals surface area (Å²) in [6.45, 7) is 0. The van der Waals surface area contributed by atoms with E-state index in [1.165, 1.54) is 0 Å². The third kappa shape index (κ3) is 1.59. The van der Waals surface area contributed by atoms with Crippen LogP contribution in [0.4, 0.5) is 22.7 Å². The number of benzene rings is 1. The summed E-state index contributed by atoms with van der Waals surface area (Å²) in [6.07, 6.45) is 0. The second-order valence-corrected chi connectivity index (χ2v) is 2.07. The molecule has 0 aliphatic rings. The predicted molar refractivity (Wildman–Crippen MR) is 51.3 cm³/mol. The van der Waals surface area contributed by atoms with Crippen LogP contribution in [0, 0.1) is 0 Å². The van der Waals surface area contributed by atoms with Crippen molar-refractivity contribution in [3.63, 3.8) is 0 Å². The quantitative estimate of drug-likeness (QED) is 0.429. The Hall–Kier alpha value is -1.29. The molecule has 62 valence electrons. The van der Waals surface area contributed by atoms with Gasteiger partial charge < -0.3 is 22.9 Å². The Kier molecular flexibility index (Phi) is 2.83. The van der Waals surface area contributed by atoms with Crippen LogP contribution in [0.15, 0.2) is 12.1 Å². The van der Waals surface area contributed by atoms with E-state index >= 15 is 0 Å². The van der Waals surface area contributed by atoms with Crippen molar-refractivity contribution in [2.45, 2.75) is 0 Å². The second-order valence-electron chi connectivity index (χ2n) is 2.07. The maximum Gasteiger partial charge on any atom is 0.0802 e. The van der Waals surface area contributed by atoms with Gasteiger partial charge in [-0.1, -0.05) is 0 Å². The number of rotatable bonds is 0. The fraction of sp³-hybridized carbons (Fsp3) is 0. The maximum absolute atomic E-state index is 5.45. The van der Waals surface area contributed by atoms with E-state index in [-0.39, 0.29) is 12.4 Å².